The number of aromatic hydroxyl groups is 1. The normalized spacial score (nSPS) is 9.50. The van der Waals surface area contributed by atoms with Gasteiger partial charge in [-0.2, -0.15) is 0 Å². The molecule has 0 bridgehead atoms. The molecule has 3 heteroatoms. The number of ether oxygens (including phenoxy) is 1. The van der Waals surface area contributed by atoms with Gasteiger partial charge in [0.25, 0.3) is 0 Å². The van der Waals surface area contributed by atoms with E-state index < -0.39 is 0 Å². The van der Waals surface area contributed by atoms with E-state index in [4.69, 9.17) is 4.74 Å². The van der Waals surface area contributed by atoms with Crippen LogP contribution in [0.4, 0.5) is 0 Å². The molecule has 0 saturated carbocycles. The Morgan fingerprint density at radius 3 is 2.93 bits per heavy atom. The number of carbonyl (C=O) groups is 1. The van der Waals surface area contributed by atoms with Gasteiger partial charge >= 0.3 is 0 Å². The lowest BCUT2D eigenvalue weighted by Gasteiger charge is -2.07. The van der Waals surface area contributed by atoms with E-state index in [0.717, 1.165) is 6.08 Å². The van der Waals surface area contributed by atoms with Gasteiger partial charge in [-0.05, 0) is 25.1 Å². The molecular formula is C11H12O3. The molecule has 14 heavy (non-hydrogen) atoms. The molecule has 1 rings (SSSR count). The van der Waals surface area contributed by atoms with Gasteiger partial charge in [-0.15, -0.1) is 0 Å². The number of hydrogen-bond donors (Lipinski definition) is 1. The van der Waals surface area contributed by atoms with Crippen LogP contribution in [0.1, 0.15) is 17.3 Å². The molecular weight excluding hydrogens is 180 g/mol. The van der Waals surface area contributed by atoms with Crippen molar-refractivity contribution < 1.29 is 14.6 Å². The van der Waals surface area contributed by atoms with Crippen LogP contribution in [-0.4, -0.2) is 17.5 Å². The first-order valence-corrected chi connectivity index (χ1v) is 4.32. The molecule has 0 heterocycles. The fourth-order valence-corrected chi connectivity index (χ4v) is 1.10. The molecule has 0 fully saturated rings. The Kier molecular flexibility index (Phi) is 3.29. The van der Waals surface area contributed by atoms with Crippen LogP contribution in [0.5, 0.6) is 11.5 Å². The maximum Gasteiger partial charge on any atom is 0.189 e. The van der Waals surface area contributed by atoms with Crippen molar-refractivity contribution in [2.75, 3.05) is 6.61 Å². The highest BCUT2D eigenvalue weighted by Crippen LogP contribution is 2.29. The van der Waals surface area contributed by atoms with Crippen LogP contribution < -0.4 is 4.74 Å². The first-order valence-electron chi connectivity index (χ1n) is 4.32. The zero-order valence-electron chi connectivity index (χ0n) is 7.99. The molecule has 0 amide bonds. The van der Waals surface area contributed by atoms with Gasteiger partial charge in [-0.1, -0.05) is 12.6 Å². The molecule has 1 aromatic rings. The summed E-state index contributed by atoms with van der Waals surface area (Å²) in [7, 11) is 0. The quantitative estimate of drug-likeness (QED) is 0.587. The second-order valence-corrected chi connectivity index (χ2v) is 2.65. The van der Waals surface area contributed by atoms with E-state index in [1.165, 1.54) is 6.07 Å². The number of benzene rings is 1. The minimum atomic E-state index is -0.316. The number of carbonyl (C=O) groups excluding carboxylic acids is 1. The van der Waals surface area contributed by atoms with Crippen LogP contribution in [0.2, 0.25) is 0 Å². The topological polar surface area (TPSA) is 46.5 Å². The van der Waals surface area contributed by atoms with Gasteiger partial charge in [0.15, 0.2) is 17.3 Å². The summed E-state index contributed by atoms with van der Waals surface area (Å²) in [5.41, 5.74) is 0.214. The lowest BCUT2D eigenvalue weighted by Crippen LogP contribution is -1.98. The molecule has 0 atom stereocenters. The summed E-state index contributed by atoms with van der Waals surface area (Å²) in [5.74, 6) is -0.122. The molecule has 0 unspecified atom stereocenters. The summed E-state index contributed by atoms with van der Waals surface area (Å²) in [6, 6.07) is 4.79. The van der Waals surface area contributed by atoms with E-state index in [0.29, 0.717) is 12.4 Å². The Morgan fingerprint density at radius 2 is 2.36 bits per heavy atom. The first kappa shape index (κ1) is 10.3. The largest absolute Gasteiger partial charge is 0.504 e. The zero-order chi connectivity index (χ0) is 10.6. The van der Waals surface area contributed by atoms with Crippen molar-refractivity contribution in [3.63, 3.8) is 0 Å². The fourth-order valence-electron chi connectivity index (χ4n) is 1.10. The number of hydrogen-bond acceptors (Lipinski definition) is 3. The monoisotopic (exact) mass is 192 g/mol. The highest BCUT2D eigenvalue weighted by atomic mass is 16.5. The molecule has 0 aliphatic carbocycles. The maximum absolute atomic E-state index is 11.3. The number of phenols is 1. The van der Waals surface area contributed by atoms with Crippen molar-refractivity contribution in [3.8, 4) is 11.5 Å². The van der Waals surface area contributed by atoms with Crippen LogP contribution >= 0.6 is 0 Å². The van der Waals surface area contributed by atoms with Gasteiger partial charge < -0.3 is 9.84 Å². The molecule has 0 spiro atoms. The predicted octanol–water partition coefficient (Wildman–Crippen LogP) is 2.16. The van der Waals surface area contributed by atoms with Crippen LogP contribution in [-0.2, 0) is 0 Å². The fraction of sp³-hybridized carbons (Fsp3) is 0.182. The molecule has 3 nitrogen and oxygen atoms in total. The molecule has 1 N–H and O–H groups in total. The van der Waals surface area contributed by atoms with Crippen LogP contribution in [0.15, 0.2) is 30.9 Å². The van der Waals surface area contributed by atoms with E-state index in [-0.39, 0.29) is 17.1 Å². The molecule has 0 aromatic heterocycles. The molecule has 74 valence electrons. The summed E-state index contributed by atoms with van der Waals surface area (Å²) < 4.78 is 5.14. The van der Waals surface area contributed by atoms with Crippen molar-refractivity contribution in [2.45, 2.75) is 6.92 Å². The summed E-state index contributed by atoms with van der Waals surface area (Å²) >= 11 is 0. The van der Waals surface area contributed by atoms with Gasteiger partial charge in [0.1, 0.15) is 0 Å². The Balaban J connectivity index is 3.13. The number of rotatable bonds is 4. The highest BCUT2D eigenvalue weighted by molar-refractivity contribution is 6.06. The highest BCUT2D eigenvalue weighted by Gasteiger charge is 2.11. The second kappa shape index (κ2) is 4.46. The van der Waals surface area contributed by atoms with Crippen molar-refractivity contribution in [1.29, 1.82) is 0 Å². The predicted molar refractivity (Wildman–Crippen MR) is 53.8 cm³/mol. The minimum Gasteiger partial charge on any atom is -0.504 e. The Bertz CT molecular complexity index is 356. The van der Waals surface area contributed by atoms with Crippen molar-refractivity contribution in [3.05, 3.63) is 36.4 Å². The minimum absolute atomic E-state index is 0.126. The summed E-state index contributed by atoms with van der Waals surface area (Å²) in [5, 5.41) is 9.63. The first-order chi connectivity index (χ1) is 6.70. The Morgan fingerprint density at radius 1 is 1.64 bits per heavy atom. The summed E-state index contributed by atoms with van der Waals surface area (Å²) in [6.45, 7) is 5.60. The van der Waals surface area contributed by atoms with E-state index in [2.05, 4.69) is 6.58 Å². The SMILES string of the molecule is C=CC(=O)c1cccc(OCC)c1O. The van der Waals surface area contributed by atoms with E-state index in [1.807, 2.05) is 0 Å². The number of ketones is 1. The third-order valence-electron chi connectivity index (χ3n) is 1.75. The lowest BCUT2D eigenvalue weighted by atomic mass is 10.1. The molecule has 0 aliphatic rings. The molecule has 0 saturated heterocycles. The number of phenolic OH excluding ortho intramolecular Hbond substituents is 1. The Labute approximate surface area is 82.6 Å². The standard InChI is InChI=1S/C11H12O3/c1-3-9(12)8-6-5-7-10(11(8)13)14-4-2/h3,5-7,13H,1,4H2,2H3. The van der Waals surface area contributed by atoms with Gasteiger partial charge in [0, 0.05) is 0 Å². The van der Waals surface area contributed by atoms with E-state index in [9.17, 15) is 9.90 Å². The summed E-state index contributed by atoms with van der Waals surface area (Å²) in [6.07, 6.45) is 1.16. The van der Waals surface area contributed by atoms with Crippen LogP contribution in [0.25, 0.3) is 0 Å². The average Bonchev–Trinajstić information content (AvgIpc) is 2.20. The van der Waals surface area contributed by atoms with Crippen molar-refractivity contribution in [2.24, 2.45) is 0 Å². The van der Waals surface area contributed by atoms with Crippen molar-refractivity contribution >= 4 is 5.78 Å². The maximum atomic E-state index is 11.3. The lowest BCUT2D eigenvalue weighted by molar-refractivity contribution is 0.104. The summed E-state index contributed by atoms with van der Waals surface area (Å²) in [4.78, 5) is 11.3. The van der Waals surface area contributed by atoms with E-state index >= 15 is 0 Å². The third-order valence-corrected chi connectivity index (χ3v) is 1.75. The van der Waals surface area contributed by atoms with Gasteiger partial charge in [0.05, 0.1) is 12.2 Å². The Hall–Kier alpha value is -1.77. The molecule has 0 radical (unpaired) electrons. The molecule has 1 aromatic carbocycles. The van der Waals surface area contributed by atoms with Gasteiger partial charge in [-0.25, -0.2) is 0 Å². The molecule has 0 aliphatic heterocycles. The number of allylic oxidation sites excluding steroid dienone is 1. The third kappa shape index (κ3) is 1.93. The average molecular weight is 192 g/mol. The van der Waals surface area contributed by atoms with Crippen LogP contribution in [0.3, 0.4) is 0 Å². The smallest absolute Gasteiger partial charge is 0.189 e. The van der Waals surface area contributed by atoms with Crippen molar-refractivity contribution in [1.82, 2.24) is 0 Å². The van der Waals surface area contributed by atoms with Gasteiger partial charge in [0.2, 0.25) is 0 Å². The number of para-hydroxylation sites is 1. The van der Waals surface area contributed by atoms with Crippen LogP contribution in [0, 0.1) is 0 Å². The zero-order valence-corrected chi connectivity index (χ0v) is 7.99. The van der Waals surface area contributed by atoms with Gasteiger partial charge in [-0.3, -0.25) is 4.79 Å². The second-order valence-electron chi connectivity index (χ2n) is 2.65. The van der Waals surface area contributed by atoms with E-state index in [1.54, 1.807) is 19.1 Å².